The molecule has 0 radical (unpaired) electrons. The number of piperidine rings is 1. The van der Waals surface area contributed by atoms with Crippen LogP contribution in [0.1, 0.15) is 39.1 Å². The zero-order valence-corrected chi connectivity index (χ0v) is 18.5. The van der Waals surface area contributed by atoms with E-state index in [1.165, 1.54) is 0 Å². The van der Waals surface area contributed by atoms with E-state index < -0.39 is 0 Å². The van der Waals surface area contributed by atoms with E-state index in [9.17, 15) is 9.59 Å². The molecule has 2 aromatic carbocycles. The molecule has 5 rings (SSSR count). The number of aryl methyl sites for hydroxylation is 1. The number of likely N-dealkylation sites (tertiary alicyclic amines) is 1. The standard InChI is InChI=1S/C27H26N4O2/c1-18-7-5-11-21(19-8-3-2-4-9-19)24(18)27(33)31-16-6-10-20(17-31)30-26(32)23-13-15-29-25-22(23)12-14-28-25/h2-5,7-9,11-15,20H,6,10,16-17H2,1H3,(H,28,29)(H,30,32)/t20-/m1/s1. The molecule has 2 amide bonds. The molecule has 1 aliphatic heterocycles. The molecule has 1 saturated heterocycles. The smallest absolute Gasteiger partial charge is 0.254 e. The Morgan fingerprint density at radius 1 is 1.06 bits per heavy atom. The van der Waals surface area contributed by atoms with Crippen LogP contribution in [-0.2, 0) is 0 Å². The molecule has 2 N–H and O–H groups in total. The average molecular weight is 439 g/mol. The molecular formula is C27H26N4O2. The van der Waals surface area contributed by atoms with E-state index in [1.807, 2.05) is 66.4 Å². The van der Waals surface area contributed by atoms with Gasteiger partial charge in [0.2, 0.25) is 0 Å². The van der Waals surface area contributed by atoms with Crippen LogP contribution in [0.2, 0.25) is 0 Å². The van der Waals surface area contributed by atoms with Gasteiger partial charge in [0, 0.05) is 36.9 Å². The lowest BCUT2D eigenvalue weighted by atomic mass is 9.94. The van der Waals surface area contributed by atoms with Crippen LogP contribution in [0.5, 0.6) is 0 Å². The first kappa shape index (κ1) is 20.9. The number of carbonyl (C=O) groups excluding carboxylic acids is 2. The highest BCUT2D eigenvalue weighted by molar-refractivity contribution is 6.06. The zero-order chi connectivity index (χ0) is 22.8. The van der Waals surface area contributed by atoms with E-state index in [1.54, 1.807) is 18.5 Å². The fourth-order valence-corrected chi connectivity index (χ4v) is 4.67. The number of pyridine rings is 1. The number of nitrogens with one attached hydrogen (secondary N) is 2. The molecule has 0 bridgehead atoms. The molecule has 6 nitrogen and oxygen atoms in total. The van der Waals surface area contributed by atoms with Crippen molar-refractivity contribution in [3.8, 4) is 11.1 Å². The van der Waals surface area contributed by atoms with E-state index in [-0.39, 0.29) is 17.9 Å². The fraction of sp³-hybridized carbons (Fsp3) is 0.222. The van der Waals surface area contributed by atoms with E-state index in [2.05, 4.69) is 15.3 Å². The quantitative estimate of drug-likeness (QED) is 0.490. The minimum Gasteiger partial charge on any atom is -0.348 e. The minimum atomic E-state index is -0.137. The lowest BCUT2D eigenvalue weighted by molar-refractivity contribution is 0.0676. The molecule has 33 heavy (non-hydrogen) atoms. The van der Waals surface area contributed by atoms with E-state index in [4.69, 9.17) is 0 Å². The van der Waals surface area contributed by atoms with Gasteiger partial charge in [0.1, 0.15) is 5.65 Å². The Morgan fingerprint density at radius 2 is 1.91 bits per heavy atom. The fourth-order valence-electron chi connectivity index (χ4n) is 4.67. The van der Waals surface area contributed by atoms with Crippen molar-refractivity contribution in [3.05, 3.63) is 89.7 Å². The third-order valence-electron chi connectivity index (χ3n) is 6.32. The summed E-state index contributed by atoms with van der Waals surface area (Å²) in [5.41, 5.74) is 4.95. The van der Waals surface area contributed by atoms with Crippen molar-refractivity contribution < 1.29 is 9.59 Å². The largest absolute Gasteiger partial charge is 0.348 e. The molecule has 0 unspecified atom stereocenters. The Balaban J connectivity index is 1.36. The lowest BCUT2D eigenvalue weighted by Gasteiger charge is -2.34. The summed E-state index contributed by atoms with van der Waals surface area (Å²) in [6, 6.07) is 19.5. The maximum Gasteiger partial charge on any atom is 0.254 e. The zero-order valence-electron chi connectivity index (χ0n) is 18.5. The van der Waals surface area contributed by atoms with Crippen LogP contribution in [-0.4, -0.2) is 45.8 Å². The molecule has 0 saturated carbocycles. The molecule has 1 aliphatic rings. The number of nitrogens with zero attached hydrogens (tertiary/aromatic N) is 2. The number of aromatic nitrogens is 2. The van der Waals surface area contributed by atoms with Gasteiger partial charge in [0.15, 0.2) is 0 Å². The van der Waals surface area contributed by atoms with Crippen LogP contribution in [0.4, 0.5) is 0 Å². The van der Waals surface area contributed by atoms with Crippen molar-refractivity contribution in [2.45, 2.75) is 25.8 Å². The number of hydrogen-bond donors (Lipinski definition) is 2. The van der Waals surface area contributed by atoms with Gasteiger partial charge in [0.05, 0.1) is 11.1 Å². The second kappa shape index (κ2) is 8.90. The van der Waals surface area contributed by atoms with Crippen molar-refractivity contribution in [1.29, 1.82) is 0 Å². The van der Waals surface area contributed by atoms with Crippen molar-refractivity contribution in [2.75, 3.05) is 13.1 Å². The molecule has 6 heteroatoms. The second-order valence-corrected chi connectivity index (χ2v) is 8.53. The Morgan fingerprint density at radius 3 is 2.76 bits per heavy atom. The van der Waals surface area contributed by atoms with Crippen LogP contribution in [0.25, 0.3) is 22.2 Å². The Labute approximate surface area is 192 Å². The van der Waals surface area contributed by atoms with Gasteiger partial charge in [-0.05, 0) is 48.6 Å². The molecule has 4 aromatic rings. The predicted octanol–water partition coefficient (Wildman–Crippen LogP) is 4.57. The van der Waals surface area contributed by atoms with Gasteiger partial charge < -0.3 is 15.2 Å². The number of fused-ring (bicyclic) bond motifs is 1. The van der Waals surface area contributed by atoms with Crippen LogP contribution in [0.15, 0.2) is 73.1 Å². The predicted molar refractivity (Wildman–Crippen MR) is 129 cm³/mol. The van der Waals surface area contributed by atoms with Crippen molar-refractivity contribution in [1.82, 2.24) is 20.2 Å². The van der Waals surface area contributed by atoms with Gasteiger partial charge in [-0.25, -0.2) is 4.98 Å². The lowest BCUT2D eigenvalue weighted by Crippen LogP contribution is -2.49. The van der Waals surface area contributed by atoms with Crippen LogP contribution < -0.4 is 5.32 Å². The van der Waals surface area contributed by atoms with Gasteiger partial charge in [-0.3, -0.25) is 9.59 Å². The Kier molecular flexibility index (Phi) is 5.65. The van der Waals surface area contributed by atoms with Crippen molar-refractivity contribution >= 4 is 22.8 Å². The number of hydrogen-bond acceptors (Lipinski definition) is 3. The molecule has 0 spiro atoms. The summed E-state index contributed by atoms with van der Waals surface area (Å²) in [5, 5.41) is 3.94. The maximum atomic E-state index is 13.7. The first-order chi connectivity index (χ1) is 16.1. The average Bonchev–Trinajstić information content (AvgIpc) is 3.33. The van der Waals surface area contributed by atoms with Gasteiger partial charge in [0.25, 0.3) is 11.8 Å². The first-order valence-electron chi connectivity index (χ1n) is 11.3. The number of aromatic amines is 1. The first-order valence-corrected chi connectivity index (χ1v) is 11.3. The summed E-state index contributed by atoms with van der Waals surface area (Å²) in [4.78, 5) is 35.8. The number of H-pyrrole nitrogens is 1. The van der Waals surface area contributed by atoms with Crippen LogP contribution >= 0.6 is 0 Å². The summed E-state index contributed by atoms with van der Waals surface area (Å²) in [6.45, 7) is 3.16. The highest BCUT2D eigenvalue weighted by Crippen LogP contribution is 2.28. The molecule has 3 heterocycles. The summed E-state index contributed by atoms with van der Waals surface area (Å²) in [5.74, 6) is -0.120. The van der Waals surface area contributed by atoms with Gasteiger partial charge in [-0.1, -0.05) is 48.5 Å². The number of carbonyl (C=O) groups is 2. The maximum absolute atomic E-state index is 13.7. The van der Waals surface area contributed by atoms with Crippen LogP contribution in [0.3, 0.4) is 0 Å². The minimum absolute atomic E-state index is 0.0165. The molecule has 2 aromatic heterocycles. The number of amides is 2. The van der Waals surface area contributed by atoms with E-state index in [0.29, 0.717) is 24.3 Å². The van der Waals surface area contributed by atoms with E-state index in [0.717, 1.165) is 40.5 Å². The van der Waals surface area contributed by atoms with Gasteiger partial charge in [-0.2, -0.15) is 0 Å². The summed E-state index contributed by atoms with van der Waals surface area (Å²) < 4.78 is 0. The normalized spacial score (nSPS) is 16.0. The highest BCUT2D eigenvalue weighted by atomic mass is 16.2. The Hall–Kier alpha value is -3.93. The third kappa shape index (κ3) is 4.12. The van der Waals surface area contributed by atoms with Gasteiger partial charge >= 0.3 is 0 Å². The van der Waals surface area contributed by atoms with Gasteiger partial charge in [-0.15, -0.1) is 0 Å². The van der Waals surface area contributed by atoms with Crippen molar-refractivity contribution in [3.63, 3.8) is 0 Å². The van der Waals surface area contributed by atoms with Crippen LogP contribution in [0, 0.1) is 6.92 Å². The Bertz CT molecular complexity index is 1310. The number of rotatable bonds is 4. The number of benzene rings is 2. The molecule has 1 atom stereocenters. The monoisotopic (exact) mass is 438 g/mol. The second-order valence-electron chi connectivity index (χ2n) is 8.53. The molecule has 1 fully saturated rings. The van der Waals surface area contributed by atoms with E-state index >= 15 is 0 Å². The molecular weight excluding hydrogens is 412 g/mol. The topological polar surface area (TPSA) is 78.1 Å². The summed E-state index contributed by atoms with van der Waals surface area (Å²) in [6.07, 6.45) is 5.10. The van der Waals surface area contributed by atoms with Crippen molar-refractivity contribution in [2.24, 2.45) is 0 Å². The molecule has 166 valence electrons. The highest BCUT2D eigenvalue weighted by Gasteiger charge is 2.28. The SMILES string of the molecule is Cc1cccc(-c2ccccc2)c1C(=O)N1CCC[C@@H](NC(=O)c2ccnc3[nH]ccc23)C1. The summed E-state index contributed by atoms with van der Waals surface area (Å²) in [7, 11) is 0. The molecule has 0 aliphatic carbocycles. The summed E-state index contributed by atoms with van der Waals surface area (Å²) >= 11 is 0. The third-order valence-corrected chi connectivity index (χ3v) is 6.32.